The first-order valence-electron chi connectivity index (χ1n) is 5.73. The summed E-state index contributed by atoms with van der Waals surface area (Å²) in [6.07, 6.45) is 2.32. The zero-order chi connectivity index (χ0) is 13.2. The Bertz CT molecular complexity index is 468. The molecule has 0 spiro atoms. The molecule has 0 bridgehead atoms. The molecule has 6 nitrogen and oxygen atoms in total. The van der Waals surface area contributed by atoms with Crippen molar-refractivity contribution >= 4 is 23.2 Å². The Hall–Kier alpha value is -1.47. The number of aliphatic carboxylic acids is 1. The first-order chi connectivity index (χ1) is 8.54. The van der Waals surface area contributed by atoms with Crippen molar-refractivity contribution in [3.05, 3.63) is 16.1 Å². The molecule has 1 saturated carbocycles. The molecule has 4 N–H and O–H groups in total. The summed E-state index contributed by atoms with van der Waals surface area (Å²) in [4.78, 5) is 26.8. The maximum Gasteiger partial charge on any atom is 0.305 e. The monoisotopic (exact) mass is 269 g/mol. The van der Waals surface area contributed by atoms with Crippen LogP contribution in [0, 0.1) is 0 Å². The average Bonchev–Trinajstić information content (AvgIpc) is 2.73. The molecule has 0 atom stereocenters. The van der Waals surface area contributed by atoms with Crippen LogP contribution in [0.2, 0.25) is 0 Å². The van der Waals surface area contributed by atoms with Gasteiger partial charge in [-0.25, -0.2) is 4.98 Å². The highest BCUT2D eigenvalue weighted by Gasteiger charge is 2.40. The van der Waals surface area contributed by atoms with E-state index in [1.54, 1.807) is 5.38 Å². The number of hydrogen-bond donors (Lipinski definition) is 3. The van der Waals surface area contributed by atoms with E-state index in [4.69, 9.17) is 10.8 Å². The van der Waals surface area contributed by atoms with E-state index in [-0.39, 0.29) is 12.3 Å². The molecule has 1 heterocycles. The largest absolute Gasteiger partial charge is 0.481 e. The number of carboxylic acids is 1. The third-order valence-corrected chi connectivity index (χ3v) is 4.01. The van der Waals surface area contributed by atoms with Crippen LogP contribution in [-0.2, 0) is 11.3 Å². The number of nitrogens with two attached hydrogens (primary N) is 1. The lowest BCUT2D eigenvalue weighted by Gasteiger charge is -2.41. The van der Waals surface area contributed by atoms with Gasteiger partial charge in [-0.05, 0) is 19.3 Å². The summed E-state index contributed by atoms with van der Waals surface area (Å²) in [5.41, 5.74) is 5.16. The van der Waals surface area contributed by atoms with Gasteiger partial charge in [0, 0.05) is 11.9 Å². The molecule has 1 aromatic heterocycles. The summed E-state index contributed by atoms with van der Waals surface area (Å²) in [5.74, 6) is -1.21. The summed E-state index contributed by atoms with van der Waals surface area (Å²) in [7, 11) is 0. The second-order valence-electron chi connectivity index (χ2n) is 4.49. The summed E-state index contributed by atoms with van der Waals surface area (Å²) in [5, 5.41) is 14.0. The van der Waals surface area contributed by atoms with Gasteiger partial charge in [0.25, 0.3) is 5.91 Å². The Labute approximate surface area is 108 Å². The van der Waals surface area contributed by atoms with Crippen molar-refractivity contribution in [2.45, 2.75) is 37.8 Å². The molecule has 18 heavy (non-hydrogen) atoms. The van der Waals surface area contributed by atoms with Gasteiger partial charge in [-0.1, -0.05) is 0 Å². The van der Waals surface area contributed by atoms with E-state index in [9.17, 15) is 9.59 Å². The molecule has 98 valence electrons. The molecular weight excluding hydrogens is 254 g/mol. The second kappa shape index (κ2) is 5.03. The first-order valence-corrected chi connectivity index (χ1v) is 6.61. The average molecular weight is 269 g/mol. The number of nitrogens with zero attached hydrogens (tertiary/aromatic N) is 1. The van der Waals surface area contributed by atoms with Crippen molar-refractivity contribution in [1.29, 1.82) is 0 Å². The molecule has 7 heteroatoms. The Morgan fingerprint density at radius 2 is 2.28 bits per heavy atom. The van der Waals surface area contributed by atoms with Crippen molar-refractivity contribution in [2.75, 3.05) is 0 Å². The highest BCUT2D eigenvalue weighted by Crippen LogP contribution is 2.35. The zero-order valence-electron chi connectivity index (χ0n) is 9.81. The molecule has 1 aliphatic rings. The molecule has 0 aliphatic heterocycles. The third-order valence-electron chi connectivity index (χ3n) is 3.14. The summed E-state index contributed by atoms with van der Waals surface area (Å²) in [6.45, 7) is 0.304. The fraction of sp³-hybridized carbons (Fsp3) is 0.545. The number of carbonyl (C=O) groups is 2. The van der Waals surface area contributed by atoms with Crippen LogP contribution in [-0.4, -0.2) is 27.5 Å². The predicted molar refractivity (Wildman–Crippen MR) is 66.3 cm³/mol. The number of aromatic nitrogens is 1. The van der Waals surface area contributed by atoms with Crippen molar-refractivity contribution in [2.24, 2.45) is 5.73 Å². The molecule has 2 rings (SSSR count). The molecule has 0 aromatic carbocycles. The number of carboxylic acid groups (broad SMARTS) is 1. The van der Waals surface area contributed by atoms with Crippen molar-refractivity contribution in [3.63, 3.8) is 0 Å². The number of nitrogens with one attached hydrogen (secondary N) is 1. The summed E-state index contributed by atoms with van der Waals surface area (Å²) in [6, 6.07) is 0. The molecule has 1 amide bonds. The topological polar surface area (TPSA) is 105 Å². The van der Waals surface area contributed by atoms with Crippen LogP contribution in [0.25, 0.3) is 0 Å². The number of rotatable bonds is 5. The van der Waals surface area contributed by atoms with Crippen LogP contribution in [0.3, 0.4) is 0 Å². The quantitative estimate of drug-likeness (QED) is 0.730. The van der Waals surface area contributed by atoms with Crippen LogP contribution in [0.1, 0.15) is 41.2 Å². The number of amides is 1. The second-order valence-corrected chi connectivity index (χ2v) is 5.43. The van der Waals surface area contributed by atoms with Gasteiger partial charge >= 0.3 is 5.97 Å². The van der Waals surface area contributed by atoms with E-state index < -0.39 is 11.5 Å². The van der Waals surface area contributed by atoms with Crippen LogP contribution in [0.15, 0.2) is 5.38 Å². The lowest BCUT2D eigenvalue weighted by molar-refractivity contribution is -0.139. The van der Waals surface area contributed by atoms with Gasteiger partial charge in [-0.3, -0.25) is 9.59 Å². The van der Waals surface area contributed by atoms with Crippen molar-refractivity contribution in [3.8, 4) is 0 Å². The standard InChI is InChI=1S/C11H15N3O3S/c12-5-8-13-7(6-18-8)10(17)14-11(2-1-3-11)4-9(15)16/h6H,1-5,12H2,(H,14,17)(H,15,16). The minimum atomic E-state index is -0.893. The zero-order valence-corrected chi connectivity index (χ0v) is 10.6. The smallest absolute Gasteiger partial charge is 0.305 e. The number of hydrogen-bond acceptors (Lipinski definition) is 5. The molecule has 0 saturated heterocycles. The van der Waals surface area contributed by atoms with E-state index in [1.807, 2.05) is 0 Å². The number of carbonyl (C=O) groups excluding carboxylic acids is 1. The van der Waals surface area contributed by atoms with Crippen LogP contribution >= 0.6 is 11.3 Å². The highest BCUT2D eigenvalue weighted by molar-refractivity contribution is 7.09. The molecule has 0 unspecified atom stereocenters. The number of thiazole rings is 1. The first kappa shape index (κ1) is 13.0. The third kappa shape index (κ3) is 2.68. The fourth-order valence-electron chi connectivity index (χ4n) is 2.05. The van der Waals surface area contributed by atoms with E-state index in [1.165, 1.54) is 11.3 Å². The minimum absolute atomic E-state index is 0.0351. The summed E-state index contributed by atoms with van der Waals surface area (Å²) < 4.78 is 0. The molecule has 1 aromatic rings. The SMILES string of the molecule is NCc1nc(C(=O)NC2(CC(=O)O)CCC2)cs1. The molecule has 1 aliphatic carbocycles. The van der Waals surface area contributed by atoms with Gasteiger partial charge < -0.3 is 16.2 Å². The molecular formula is C11H15N3O3S. The fourth-order valence-corrected chi connectivity index (χ4v) is 2.71. The normalized spacial score (nSPS) is 16.9. The Morgan fingerprint density at radius 1 is 1.56 bits per heavy atom. The van der Waals surface area contributed by atoms with Gasteiger partial charge in [-0.2, -0.15) is 0 Å². The van der Waals surface area contributed by atoms with Crippen LogP contribution in [0.4, 0.5) is 0 Å². The van der Waals surface area contributed by atoms with Crippen molar-refractivity contribution < 1.29 is 14.7 Å². The van der Waals surface area contributed by atoms with E-state index in [2.05, 4.69) is 10.3 Å². The van der Waals surface area contributed by atoms with Gasteiger partial charge in [-0.15, -0.1) is 11.3 Å². The van der Waals surface area contributed by atoms with Crippen LogP contribution in [0.5, 0.6) is 0 Å². The Morgan fingerprint density at radius 3 is 2.72 bits per heavy atom. The lowest BCUT2D eigenvalue weighted by atomic mass is 9.74. The molecule has 1 fully saturated rings. The van der Waals surface area contributed by atoms with Gasteiger partial charge in [0.1, 0.15) is 10.7 Å². The summed E-state index contributed by atoms with van der Waals surface area (Å²) >= 11 is 1.33. The van der Waals surface area contributed by atoms with Gasteiger partial charge in [0.15, 0.2) is 0 Å². The van der Waals surface area contributed by atoms with Crippen molar-refractivity contribution in [1.82, 2.24) is 10.3 Å². The Kier molecular flexibility index (Phi) is 3.63. The Balaban J connectivity index is 2.03. The van der Waals surface area contributed by atoms with E-state index >= 15 is 0 Å². The molecule has 0 radical (unpaired) electrons. The maximum absolute atomic E-state index is 12.0. The van der Waals surface area contributed by atoms with E-state index in [0.29, 0.717) is 30.1 Å². The van der Waals surface area contributed by atoms with Gasteiger partial charge in [0.05, 0.1) is 12.0 Å². The highest BCUT2D eigenvalue weighted by atomic mass is 32.1. The predicted octanol–water partition coefficient (Wildman–Crippen LogP) is 0.729. The van der Waals surface area contributed by atoms with E-state index in [0.717, 1.165) is 6.42 Å². The minimum Gasteiger partial charge on any atom is -0.481 e. The maximum atomic E-state index is 12.0. The van der Waals surface area contributed by atoms with Crippen LogP contribution < -0.4 is 11.1 Å². The van der Waals surface area contributed by atoms with Gasteiger partial charge in [0.2, 0.25) is 0 Å². The lowest BCUT2D eigenvalue weighted by Crippen LogP contribution is -2.54.